The van der Waals surface area contributed by atoms with Crippen LogP contribution in [-0.4, -0.2) is 34.6 Å². The summed E-state index contributed by atoms with van der Waals surface area (Å²) in [5.41, 5.74) is 1.30. The Morgan fingerprint density at radius 3 is 2.80 bits per heavy atom. The molecule has 0 spiro atoms. The SMILES string of the molecule is CCc1cc(N2CCCCC2CNC(C)(C)C)ncn1. The molecule has 0 radical (unpaired) electrons. The van der Waals surface area contributed by atoms with Crippen LogP contribution < -0.4 is 10.2 Å². The summed E-state index contributed by atoms with van der Waals surface area (Å²) in [7, 11) is 0. The van der Waals surface area contributed by atoms with Crippen molar-refractivity contribution in [2.24, 2.45) is 0 Å². The molecule has 1 atom stereocenters. The van der Waals surface area contributed by atoms with Crippen molar-refractivity contribution < 1.29 is 0 Å². The Morgan fingerprint density at radius 2 is 2.10 bits per heavy atom. The first-order valence-corrected chi connectivity index (χ1v) is 7.82. The Labute approximate surface area is 123 Å². The minimum absolute atomic E-state index is 0.170. The molecular formula is C16H28N4. The van der Waals surface area contributed by atoms with Crippen LogP contribution in [0.15, 0.2) is 12.4 Å². The maximum atomic E-state index is 4.49. The zero-order chi connectivity index (χ0) is 14.6. The molecule has 0 aliphatic carbocycles. The van der Waals surface area contributed by atoms with Crippen LogP contribution in [0.5, 0.6) is 0 Å². The summed E-state index contributed by atoms with van der Waals surface area (Å²) in [6, 6.07) is 2.69. The highest BCUT2D eigenvalue weighted by molar-refractivity contribution is 5.41. The number of nitrogens with one attached hydrogen (secondary N) is 1. The van der Waals surface area contributed by atoms with E-state index in [9.17, 15) is 0 Å². The highest BCUT2D eigenvalue weighted by Gasteiger charge is 2.25. The summed E-state index contributed by atoms with van der Waals surface area (Å²) in [5.74, 6) is 1.09. The van der Waals surface area contributed by atoms with Crippen LogP contribution in [-0.2, 0) is 6.42 Å². The number of aromatic nitrogens is 2. The number of nitrogens with zero attached hydrogens (tertiary/aromatic N) is 3. The monoisotopic (exact) mass is 276 g/mol. The molecule has 2 rings (SSSR count). The van der Waals surface area contributed by atoms with Crippen molar-refractivity contribution in [2.75, 3.05) is 18.0 Å². The lowest BCUT2D eigenvalue weighted by atomic mass is 10.0. The van der Waals surface area contributed by atoms with Gasteiger partial charge in [0.05, 0.1) is 0 Å². The number of hydrogen-bond acceptors (Lipinski definition) is 4. The third-order valence-electron chi connectivity index (χ3n) is 3.86. The van der Waals surface area contributed by atoms with Crippen LogP contribution in [0.1, 0.15) is 52.7 Å². The van der Waals surface area contributed by atoms with Crippen LogP contribution in [0.2, 0.25) is 0 Å². The van der Waals surface area contributed by atoms with Crippen molar-refractivity contribution in [2.45, 2.75) is 65.0 Å². The summed E-state index contributed by atoms with van der Waals surface area (Å²) < 4.78 is 0. The van der Waals surface area contributed by atoms with Gasteiger partial charge in [0, 0.05) is 36.4 Å². The van der Waals surface area contributed by atoms with Crippen molar-refractivity contribution in [1.82, 2.24) is 15.3 Å². The molecule has 112 valence electrons. The van der Waals surface area contributed by atoms with Crippen LogP contribution in [0.4, 0.5) is 5.82 Å². The van der Waals surface area contributed by atoms with Crippen molar-refractivity contribution in [3.8, 4) is 0 Å². The van der Waals surface area contributed by atoms with E-state index in [0.29, 0.717) is 6.04 Å². The standard InChI is InChI=1S/C16H28N4/c1-5-13-10-15(18-12-17-13)20-9-7-6-8-14(20)11-19-16(2,3)4/h10,12,14,19H,5-9,11H2,1-4H3. The second-order valence-corrected chi connectivity index (χ2v) is 6.69. The molecule has 1 unspecified atom stereocenters. The van der Waals surface area contributed by atoms with Crippen LogP contribution in [0, 0.1) is 0 Å². The molecule has 1 N–H and O–H groups in total. The van der Waals surface area contributed by atoms with E-state index < -0.39 is 0 Å². The van der Waals surface area contributed by atoms with Crippen molar-refractivity contribution >= 4 is 5.82 Å². The van der Waals surface area contributed by atoms with Gasteiger partial charge in [-0.1, -0.05) is 6.92 Å². The van der Waals surface area contributed by atoms with E-state index in [-0.39, 0.29) is 5.54 Å². The van der Waals surface area contributed by atoms with E-state index in [0.717, 1.165) is 31.0 Å². The first kappa shape index (κ1) is 15.2. The van der Waals surface area contributed by atoms with Crippen molar-refractivity contribution in [1.29, 1.82) is 0 Å². The Bertz CT molecular complexity index is 425. The van der Waals surface area contributed by atoms with Crippen molar-refractivity contribution in [3.05, 3.63) is 18.1 Å². The number of rotatable bonds is 4. The normalized spacial score (nSPS) is 20.2. The van der Waals surface area contributed by atoms with Gasteiger partial charge in [0.1, 0.15) is 12.1 Å². The highest BCUT2D eigenvalue weighted by Crippen LogP contribution is 2.23. The average Bonchev–Trinajstić information content (AvgIpc) is 2.45. The van der Waals surface area contributed by atoms with Gasteiger partial charge in [-0.25, -0.2) is 9.97 Å². The van der Waals surface area contributed by atoms with Gasteiger partial charge in [-0.3, -0.25) is 0 Å². The number of piperidine rings is 1. The van der Waals surface area contributed by atoms with E-state index in [1.807, 2.05) is 0 Å². The molecule has 1 aliphatic heterocycles. The van der Waals surface area contributed by atoms with Gasteiger partial charge < -0.3 is 10.2 Å². The molecule has 0 saturated carbocycles. The minimum Gasteiger partial charge on any atom is -0.352 e. The molecule has 0 bridgehead atoms. The molecule has 0 aromatic carbocycles. The Balaban J connectivity index is 2.09. The lowest BCUT2D eigenvalue weighted by molar-refractivity contribution is 0.365. The number of aryl methyl sites for hydroxylation is 1. The Kier molecular flexibility index (Phi) is 4.97. The first-order chi connectivity index (χ1) is 9.49. The highest BCUT2D eigenvalue weighted by atomic mass is 15.2. The fourth-order valence-corrected chi connectivity index (χ4v) is 2.67. The third-order valence-corrected chi connectivity index (χ3v) is 3.86. The largest absolute Gasteiger partial charge is 0.352 e. The van der Waals surface area contributed by atoms with E-state index in [1.54, 1.807) is 6.33 Å². The van der Waals surface area contributed by atoms with Gasteiger partial charge in [0.2, 0.25) is 0 Å². The average molecular weight is 276 g/mol. The minimum atomic E-state index is 0.170. The van der Waals surface area contributed by atoms with E-state index in [2.05, 4.69) is 53.9 Å². The second kappa shape index (κ2) is 6.53. The second-order valence-electron chi connectivity index (χ2n) is 6.69. The fraction of sp³-hybridized carbons (Fsp3) is 0.750. The van der Waals surface area contributed by atoms with Gasteiger partial charge in [-0.05, 0) is 46.5 Å². The fourth-order valence-electron chi connectivity index (χ4n) is 2.67. The van der Waals surface area contributed by atoms with E-state index in [1.165, 1.54) is 19.3 Å². The molecule has 1 fully saturated rings. The van der Waals surface area contributed by atoms with Crippen LogP contribution >= 0.6 is 0 Å². The summed E-state index contributed by atoms with van der Waals surface area (Å²) in [6.45, 7) is 10.9. The Morgan fingerprint density at radius 1 is 1.30 bits per heavy atom. The molecule has 4 nitrogen and oxygen atoms in total. The lowest BCUT2D eigenvalue weighted by Crippen LogP contribution is -2.50. The molecule has 1 aliphatic rings. The predicted octanol–water partition coefficient (Wildman–Crippen LogP) is 2.79. The van der Waals surface area contributed by atoms with Crippen LogP contribution in [0.3, 0.4) is 0 Å². The van der Waals surface area contributed by atoms with Gasteiger partial charge in [-0.15, -0.1) is 0 Å². The number of hydrogen-bond donors (Lipinski definition) is 1. The number of anilines is 1. The third kappa shape index (κ3) is 4.17. The topological polar surface area (TPSA) is 41.0 Å². The van der Waals surface area contributed by atoms with Gasteiger partial charge in [0.15, 0.2) is 0 Å². The molecule has 1 saturated heterocycles. The van der Waals surface area contributed by atoms with E-state index >= 15 is 0 Å². The maximum Gasteiger partial charge on any atom is 0.132 e. The smallest absolute Gasteiger partial charge is 0.132 e. The maximum absolute atomic E-state index is 4.49. The molecule has 1 aromatic heterocycles. The van der Waals surface area contributed by atoms with E-state index in [4.69, 9.17) is 0 Å². The van der Waals surface area contributed by atoms with Gasteiger partial charge in [0.25, 0.3) is 0 Å². The molecule has 0 amide bonds. The zero-order valence-electron chi connectivity index (χ0n) is 13.3. The van der Waals surface area contributed by atoms with Crippen LogP contribution in [0.25, 0.3) is 0 Å². The predicted molar refractivity (Wildman–Crippen MR) is 84.2 cm³/mol. The molecular weight excluding hydrogens is 248 g/mol. The quantitative estimate of drug-likeness (QED) is 0.918. The summed E-state index contributed by atoms with van der Waals surface area (Å²) in [4.78, 5) is 11.3. The lowest BCUT2D eigenvalue weighted by Gasteiger charge is -2.38. The van der Waals surface area contributed by atoms with Crippen molar-refractivity contribution in [3.63, 3.8) is 0 Å². The first-order valence-electron chi connectivity index (χ1n) is 7.82. The summed E-state index contributed by atoms with van der Waals surface area (Å²) in [5, 5.41) is 3.63. The molecule has 4 heteroatoms. The molecule has 2 heterocycles. The zero-order valence-corrected chi connectivity index (χ0v) is 13.3. The van der Waals surface area contributed by atoms with Gasteiger partial charge >= 0.3 is 0 Å². The summed E-state index contributed by atoms with van der Waals surface area (Å²) >= 11 is 0. The molecule has 20 heavy (non-hydrogen) atoms. The Hall–Kier alpha value is -1.16. The molecule has 1 aromatic rings. The summed E-state index contributed by atoms with van der Waals surface area (Å²) in [6.07, 6.45) is 6.50. The van der Waals surface area contributed by atoms with Gasteiger partial charge in [-0.2, -0.15) is 0 Å².